The van der Waals surface area contributed by atoms with E-state index in [9.17, 15) is 4.39 Å². The van der Waals surface area contributed by atoms with Gasteiger partial charge in [0.05, 0.1) is 33.7 Å². The molecule has 0 saturated heterocycles. The molecule has 0 aliphatic heterocycles. The third kappa shape index (κ3) is 4.12. The van der Waals surface area contributed by atoms with E-state index in [0.29, 0.717) is 22.9 Å². The Kier molecular flexibility index (Phi) is 5.78. The summed E-state index contributed by atoms with van der Waals surface area (Å²) < 4.78 is 19.1. The molecule has 9 heteroatoms. The minimum absolute atomic E-state index is 0.00509. The molecule has 0 bridgehead atoms. The molecule has 0 spiro atoms. The summed E-state index contributed by atoms with van der Waals surface area (Å²) in [5.74, 6) is -0.408. The Morgan fingerprint density at radius 2 is 2.26 bits per heavy atom. The summed E-state index contributed by atoms with van der Waals surface area (Å²) in [6.07, 6.45) is 1.36. The fourth-order valence-electron chi connectivity index (χ4n) is 2.43. The predicted octanol–water partition coefficient (Wildman–Crippen LogP) is 5.03. The Hall–Kier alpha value is -2.84. The number of ether oxygens (including phenoxy) is 1. The van der Waals surface area contributed by atoms with E-state index in [1.165, 1.54) is 36.9 Å². The van der Waals surface area contributed by atoms with Crippen molar-refractivity contribution in [3.05, 3.63) is 51.7 Å². The highest BCUT2D eigenvalue weighted by Gasteiger charge is 2.15. The molecular formula is C18H15ClFN5OS. The standard InChI is InChI=1S/C18H15ClFN5OS/c1-22-9-24-13-5-6-15-16(27-18(25-15)17(21)26-2)11(13)8-23-14-4-3-10(20)7-12(14)19/h3-7,9,21,23H,1,8H2,2H3. The van der Waals surface area contributed by atoms with Crippen LogP contribution in [0.4, 0.5) is 15.8 Å². The lowest BCUT2D eigenvalue weighted by Gasteiger charge is -2.11. The van der Waals surface area contributed by atoms with Crippen LogP contribution in [0, 0.1) is 11.2 Å². The molecule has 2 aromatic carbocycles. The molecule has 0 fully saturated rings. The van der Waals surface area contributed by atoms with E-state index in [1.54, 1.807) is 6.07 Å². The van der Waals surface area contributed by atoms with Gasteiger partial charge in [-0.25, -0.2) is 14.4 Å². The first kappa shape index (κ1) is 18.9. The molecule has 2 N–H and O–H groups in total. The summed E-state index contributed by atoms with van der Waals surface area (Å²) >= 11 is 7.42. The van der Waals surface area contributed by atoms with Gasteiger partial charge in [-0.1, -0.05) is 11.6 Å². The Morgan fingerprint density at radius 1 is 1.44 bits per heavy atom. The number of halogens is 2. The summed E-state index contributed by atoms with van der Waals surface area (Å²) in [4.78, 5) is 12.4. The van der Waals surface area contributed by atoms with Crippen molar-refractivity contribution in [1.82, 2.24) is 4.98 Å². The van der Waals surface area contributed by atoms with E-state index < -0.39 is 5.82 Å². The molecule has 0 aliphatic rings. The molecule has 138 valence electrons. The molecule has 6 nitrogen and oxygen atoms in total. The molecule has 3 rings (SSSR count). The molecule has 27 heavy (non-hydrogen) atoms. The maximum Gasteiger partial charge on any atom is 0.242 e. The van der Waals surface area contributed by atoms with Crippen molar-refractivity contribution in [3.63, 3.8) is 0 Å². The average molecular weight is 404 g/mol. The smallest absolute Gasteiger partial charge is 0.242 e. The van der Waals surface area contributed by atoms with Gasteiger partial charge in [0.2, 0.25) is 5.90 Å². The fourth-order valence-corrected chi connectivity index (χ4v) is 3.70. The van der Waals surface area contributed by atoms with E-state index in [2.05, 4.69) is 27.0 Å². The number of nitrogens with zero attached hydrogens (tertiary/aromatic N) is 3. The number of hydrogen-bond donors (Lipinski definition) is 2. The van der Waals surface area contributed by atoms with Crippen molar-refractivity contribution in [2.45, 2.75) is 6.54 Å². The number of nitrogens with one attached hydrogen (secondary N) is 2. The van der Waals surface area contributed by atoms with Gasteiger partial charge in [-0.2, -0.15) is 0 Å². The van der Waals surface area contributed by atoms with Crippen molar-refractivity contribution in [1.29, 1.82) is 5.41 Å². The van der Waals surface area contributed by atoms with Crippen LogP contribution in [0.1, 0.15) is 10.6 Å². The lowest BCUT2D eigenvalue weighted by atomic mass is 10.1. The second kappa shape index (κ2) is 8.24. The number of aliphatic imine (C=N–C) groups is 2. The Morgan fingerprint density at radius 3 is 2.96 bits per heavy atom. The number of benzene rings is 2. The molecule has 0 unspecified atom stereocenters. The maximum atomic E-state index is 13.2. The Bertz CT molecular complexity index is 1050. The highest BCUT2D eigenvalue weighted by molar-refractivity contribution is 7.20. The van der Waals surface area contributed by atoms with Gasteiger partial charge < -0.3 is 10.1 Å². The summed E-state index contributed by atoms with van der Waals surface area (Å²) in [6, 6.07) is 7.79. The zero-order valence-corrected chi connectivity index (χ0v) is 15.9. The lowest BCUT2D eigenvalue weighted by Crippen LogP contribution is -2.01. The first-order chi connectivity index (χ1) is 13.0. The molecule has 1 aromatic heterocycles. The quantitative estimate of drug-likeness (QED) is 0.447. The van der Waals surface area contributed by atoms with E-state index in [-0.39, 0.29) is 10.9 Å². The van der Waals surface area contributed by atoms with Gasteiger partial charge in [0.15, 0.2) is 5.01 Å². The molecular weight excluding hydrogens is 389 g/mol. The zero-order valence-electron chi connectivity index (χ0n) is 14.3. The van der Waals surface area contributed by atoms with E-state index in [4.69, 9.17) is 21.7 Å². The topological polar surface area (TPSA) is 82.7 Å². The van der Waals surface area contributed by atoms with Crippen molar-refractivity contribution >= 4 is 63.5 Å². The predicted molar refractivity (Wildman–Crippen MR) is 110 cm³/mol. The molecule has 0 saturated carbocycles. The van der Waals surface area contributed by atoms with Crippen LogP contribution in [0.3, 0.4) is 0 Å². The maximum absolute atomic E-state index is 13.2. The van der Waals surface area contributed by atoms with Crippen LogP contribution >= 0.6 is 22.9 Å². The van der Waals surface area contributed by atoms with Crippen LogP contribution in [0.2, 0.25) is 5.02 Å². The van der Waals surface area contributed by atoms with Gasteiger partial charge in [0.25, 0.3) is 0 Å². The first-order valence-electron chi connectivity index (χ1n) is 7.76. The third-order valence-electron chi connectivity index (χ3n) is 3.70. The van der Waals surface area contributed by atoms with Crippen LogP contribution < -0.4 is 5.32 Å². The summed E-state index contributed by atoms with van der Waals surface area (Å²) in [7, 11) is 1.43. The van der Waals surface area contributed by atoms with Crippen molar-refractivity contribution in [3.8, 4) is 0 Å². The molecule has 0 aliphatic carbocycles. The van der Waals surface area contributed by atoms with Gasteiger partial charge in [0, 0.05) is 12.1 Å². The van der Waals surface area contributed by atoms with Crippen LogP contribution in [0.5, 0.6) is 0 Å². The van der Waals surface area contributed by atoms with Gasteiger partial charge >= 0.3 is 0 Å². The SMILES string of the molecule is C=NC=Nc1ccc2nc(C(=N)OC)sc2c1CNc1ccc(F)cc1Cl. The number of fused-ring (bicyclic) bond motifs is 1. The van der Waals surface area contributed by atoms with Gasteiger partial charge in [-0.15, -0.1) is 11.3 Å². The molecule has 1 heterocycles. The summed E-state index contributed by atoms with van der Waals surface area (Å²) in [5.41, 5.74) is 2.85. The second-order valence-corrected chi connectivity index (χ2v) is 6.77. The van der Waals surface area contributed by atoms with Gasteiger partial charge in [0.1, 0.15) is 12.2 Å². The van der Waals surface area contributed by atoms with E-state index in [0.717, 1.165) is 15.8 Å². The summed E-state index contributed by atoms with van der Waals surface area (Å²) in [5, 5.41) is 11.8. The lowest BCUT2D eigenvalue weighted by molar-refractivity contribution is 0.401. The monoisotopic (exact) mass is 403 g/mol. The normalized spacial score (nSPS) is 11.1. The molecule has 3 aromatic rings. The minimum Gasteiger partial charge on any atom is -0.479 e. The summed E-state index contributed by atoms with van der Waals surface area (Å²) in [6.45, 7) is 3.77. The molecule has 0 radical (unpaired) electrons. The zero-order chi connectivity index (χ0) is 19.4. The average Bonchev–Trinajstić information content (AvgIpc) is 3.10. The van der Waals surface area contributed by atoms with Gasteiger partial charge in [-0.05, 0) is 37.0 Å². The highest BCUT2D eigenvalue weighted by atomic mass is 35.5. The number of methoxy groups -OCH3 is 1. The number of anilines is 1. The van der Waals surface area contributed by atoms with Crippen molar-refractivity contribution < 1.29 is 9.13 Å². The number of thiazole rings is 1. The number of rotatable bonds is 6. The van der Waals surface area contributed by atoms with Crippen molar-refractivity contribution in [2.24, 2.45) is 9.98 Å². The Balaban J connectivity index is 2.03. The Labute approximate surface area is 163 Å². The van der Waals surface area contributed by atoms with E-state index >= 15 is 0 Å². The number of aromatic nitrogens is 1. The van der Waals surface area contributed by atoms with Crippen molar-refractivity contribution in [2.75, 3.05) is 12.4 Å². The largest absolute Gasteiger partial charge is 0.479 e. The van der Waals surface area contributed by atoms with Crippen LogP contribution in [-0.4, -0.2) is 31.0 Å². The van der Waals surface area contributed by atoms with E-state index in [1.807, 2.05) is 12.1 Å². The number of hydrogen-bond acceptors (Lipinski definition) is 6. The third-order valence-corrected chi connectivity index (χ3v) is 5.14. The van der Waals surface area contributed by atoms with Crippen LogP contribution in [0.15, 0.2) is 40.3 Å². The van der Waals surface area contributed by atoms with Crippen LogP contribution in [-0.2, 0) is 11.3 Å². The van der Waals surface area contributed by atoms with Gasteiger partial charge in [-0.3, -0.25) is 10.4 Å². The highest BCUT2D eigenvalue weighted by Crippen LogP contribution is 2.34. The second-order valence-electron chi connectivity index (χ2n) is 5.37. The van der Waals surface area contributed by atoms with Crippen LogP contribution in [0.25, 0.3) is 10.2 Å². The minimum atomic E-state index is -0.403. The molecule has 0 atom stereocenters. The molecule has 0 amide bonds. The first-order valence-corrected chi connectivity index (χ1v) is 8.95. The fraction of sp³-hybridized carbons (Fsp3) is 0.111.